The first kappa shape index (κ1) is 21.0. The van der Waals surface area contributed by atoms with Crippen LogP contribution in [-0.4, -0.2) is 28.2 Å². The maximum absolute atomic E-state index is 12.3. The van der Waals surface area contributed by atoms with E-state index in [2.05, 4.69) is 53.4 Å². The number of carbonyl (C=O) groups excluding carboxylic acids is 1. The van der Waals surface area contributed by atoms with Crippen molar-refractivity contribution in [1.82, 2.24) is 15.3 Å². The molecule has 0 aliphatic rings. The molecule has 4 rings (SSSR count). The van der Waals surface area contributed by atoms with Gasteiger partial charge in [-0.2, -0.15) is 5.26 Å². The lowest BCUT2D eigenvalue weighted by Gasteiger charge is -2.09. The number of hydrogen-bond acceptors (Lipinski definition) is 4. The molecule has 2 aromatic carbocycles. The van der Waals surface area contributed by atoms with E-state index in [4.69, 9.17) is 0 Å². The van der Waals surface area contributed by atoms with E-state index in [1.165, 1.54) is 28.3 Å². The fourth-order valence-corrected chi connectivity index (χ4v) is 4.38. The molecule has 0 spiro atoms. The quantitative estimate of drug-likeness (QED) is 0.398. The minimum Gasteiger partial charge on any atom is -0.361 e. The van der Waals surface area contributed by atoms with Crippen molar-refractivity contribution >= 4 is 39.5 Å². The number of thioether (sulfide) groups is 1. The van der Waals surface area contributed by atoms with Crippen LogP contribution in [0.25, 0.3) is 21.8 Å². The van der Waals surface area contributed by atoms with Crippen molar-refractivity contribution < 1.29 is 4.79 Å². The first-order valence-electron chi connectivity index (χ1n) is 10.3. The van der Waals surface area contributed by atoms with Crippen LogP contribution in [-0.2, 0) is 11.2 Å². The molecule has 0 unspecified atom stereocenters. The summed E-state index contributed by atoms with van der Waals surface area (Å²) in [6, 6.07) is 18.4. The summed E-state index contributed by atoms with van der Waals surface area (Å²) in [4.78, 5) is 20.2. The molecule has 1 amide bonds. The van der Waals surface area contributed by atoms with Crippen LogP contribution in [0, 0.1) is 11.3 Å². The van der Waals surface area contributed by atoms with E-state index in [0.717, 1.165) is 22.8 Å². The molecule has 0 bridgehead atoms. The summed E-state index contributed by atoms with van der Waals surface area (Å²) in [7, 11) is 0. The summed E-state index contributed by atoms with van der Waals surface area (Å²) >= 11 is 1.30. The standard InChI is InChI=1S/C25H24N4OS/c1-16(2)17-7-8-22-19(11-17)12-20(13-26)25(29-22)31-15-24(30)27-10-9-18-14-28-23-6-4-3-5-21(18)23/h3-8,11-12,14,16,28H,9-10,15H2,1-2H3,(H,27,30). The zero-order chi connectivity index (χ0) is 21.8. The Kier molecular flexibility index (Phi) is 6.24. The number of fused-ring (bicyclic) bond motifs is 2. The molecule has 0 atom stereocenters. The van der Waals surface area contributed by atoms with Gasteiger partial charge in [0.05, 0.1) is 16.8 Å². The molecule has 31 heavy (non-hydrogen) atoms. The lowest BCUT2D eigenvalue weighted by atomic mass is 10.0. The SMILES string of the molecule is CC(C)c1ccc2nc(SCC(=O)NCCc3c[nH]c4ccccc34)c(C#N)cc2c1. The van der Waals surface area contributed by atoms with Crippen LogP contribution in [0.15, 0.2) is 59.8 Å². The largest absolute Gasteiger partial charge is 0.361 e. The van der Waals surface area contributed by atoms with Crippen molar-refractivity contribution in [3.8, 4) is 6.07 Å². The highest BCUT2D eigenvalue weighted by atomic mass is 32.2. The third kappa shape index (κ3) is 4.73. The monoisotopic (exact) mass is 428 g/mol. The summed E-state index contributed by atoms with van der Waals surface area (Å²) in [6.45, 7) is 4.85. The Morgan fingerprint density at radius 1 is 1.23 bits per heavy atom. The van der Waals surface area contributed by atoms with Crippen LogP contribution in [0.3, 0.4) is 0 Å². The number of nitrogens with one attached hydrogen (secondary N) is 2. The second kappa shape index (κ2) is 9.23. The molecule has 0 saturated carbocycles. The minimum absolute atomic E-state index is 0.0641. The number of rotatable bonds is 7. The van der Waals surface area contributed by atoms with Gasteiger partial charge in [-0.3, -0.25) is 4.79 Å². The van der Waals surface area contributed by atoms with Gasteiger partial charge in [-0.1, -0.05) is 49.9 Å². The molecule has 0 fully saturated rings. The number of pyridine rings is 1. The van der Waals surface area contributed by atoms with Gasteiger partial charge in [0.15, 0.2) is 0 Å². The van der Waals surface area contributed by atoms with E-state index in [0.29, 0.717) is 23.1 Å². The summed E-state index contributed by atoms with van der Waals surface area (Å²) in [5.41, 5.74) is 4.85. The highest BCUT2D eigenvalue weighted by Crippen LogP contribution is 2.27. The Balaban J connectivity index is 1.37. The molecule has 6 heteroatoms. The van der Waals surface area contributed by atoms with Crippen molar-refractivity contribution in [3.63, 3.8) is 0 Å². The second-order valence-electron chi connectivity index (χ2n) is 7.81. The van der Waals surface area contributed by atoms with Crippen LogP contribution in [0.1, 0.15) is 36.5 Å². The molecular formula is C25H24N4OS. The average Bonchev–Trinajstić information content (AvgIpc) is 3.19. The Morgan fingerprint density at radius 2 is 2.06 bits per heavy atom. The van der Waals surface area contributed by atoms with Gasteiger partial charge >= 0.3 is 0 Å². The van der Waals surface area contributed by atoms with E-state index in [9.17, 15) is 10.1 Å². The predicted octanol–water partition coefficient (Wildman–Crippen LogP) is 5.16. The fourth-order valence-electron chi connectivity index (χ4n) is 3.59. The van der Waals surface area contributed by atoms with Crippen LogP contribution >= 0.6 is 11.8 Å². The molecule has 0 aliphatic carbocycles. The topological polar surface area (TPSA) is 81.6 Å². The van der Waals surface area contributed by atoms with Crippen molar-refractivity contribution in [2.24, 2.45) is 0 Å². The van der Waals surface area contributed by atoms with Crippen molar-refractivity contribution in [1.29, 1.82) is 5.26 Å². The van der Waals surface area contributed by atoms with Crippen molar-refractivity contribution in [3.05, 3.63) is 71.4 Å². The lowest BCUT2D eigenvalue weighted by molar-refractivity contribution is -0.118. The van der Waals surface area contributed by atoms with Gasteiger partial charge in [0.2, 0.25) is 5.91 Å². The summed E-state index contributed by atoms with van der Waals surface area (Å²) < 4.78 is 0. The smallest absolute Gasteiger partial charge is 0.230 e. The molecule has 2 N–H and O–H groups in total. The number of aromatic amines is 1. The highest BCUT2D eigenvalue weighted by molar-refractivity contribution is 8.00. The van der Waals surface area contributed by atoms with Gasteiger partial charge in [-0.15, -0.1) is 0 Å². The Hall–Kier alpha value is -3.30. The molecule has 2 aromatic heterocycles. The van der Waals surface area contributed by atoms with Crippen molar-refractivity contribution in [2.45, 2.75) is 31.2 Å². The van der Waals surface area contributed by atoms with Gasteiger partial charge in [-0.05, 0) is 47.7 Å². The maximum Gasteiger partial charge on any atom is 0.230 e. The Bertz CT molecular complexity index is 1290. The second-order valence-corrected chi connectivity index (χ2v) is 8.77. The molecule has 4 aromatic rings. The third-order valence-corrected chi connectivity index (χ3v) is 6.31. The average molecular weight is 429 g/mol. The Morgan fingerprint density at radius 3 is 2.87 bits per heavy atom. The van der Waals surface area contributed by atoms with E-state index in [1.54, 1.807) is 0 Å². The van der Waals surface area contributed by atoms with E-state index in [1.807, 2.05) is 36.5 Å². The number of H-pyrrole nitrogens is 1. The zero-order valence-electron chi connectivity index (χ0n) is 17.6. The summed E-state index contributed by atoms with van der Waals surface area (Å²) in [5.74, 6) is 0.577. The van der Waals surface area contributed by atoms with Crippen LogP contribution < -0.4 is 5.32 Å². The van der Waals surface area contributed by atoms with Gasteiger partial charge in [0.25, 0.3) is 0 Å². The first-order chi connectivity index (χ1) is 15.0. The van der Waals surface area contributed by atoms with E-state index in [-0.39, 0.29) is 11.7 Å². The third-order valence-electron chi connectivity index (χ3n) is 5.32. The van der Waals surface area contributed by atoms with Gasteiger partial charge in [0, 0.05) is 29.0 Å². The van der Waals surface area contributed by atoms with Gasteiger partial charge < -0.3 is 10.3 Å². The normalized spacial score (nSPS) is 11.2. The Labute approximate surface area is 185 Å². The molecule has 2 heterocycles. The van der Waals surface area contributed by atoms with E-state index >= 15 is 0 Å². The number of benzene rings is 2. The first-order valence-corrected chi connectivity index (χ1v) is 11.3. The zero-order valence-corrected chi connectivity index (χ0v) is 18.4. The number of carbonyl (C=O) groups is 1. The molecule has 0 aliphatic heterocycles. The summed E-state index contributed by atoms with van der Waals surface area (Å²) in [5, 5.41) is 15.3. The minimum atomic E-state index is -0.0641. The number of hydrogen-bond donors (Lipinski definition) is 2. The number of amides is 1. The van der Waals surface area contributed by atoms with E-state index < -0.39 is 0 Å². The summed E-state index contributed by atoms with van der Waals surface area (Å²) in [6.07, 6.45) is 2.75. The number of nitrogens with zero attached hydrogens (tertiary/aromatic N) is 2. The molecule has 0 saturated heterocycles. The number of para-hydroxylation sites is 1. The van der Waals surface area contributed by atoms with Gasteiger partial charge in [-0.25, -0.2) is 4.98 Å². The molecule has 156 valence electrons. The maximum atomic E-state index is 12.3. The lowest BCUT2D eigenvalue weighted by Crippen LogP contribution is -2.27. The van der Waals surface area contributed by atoms with Crippen LogP contribution in [0.4, 0.5) is 0 Å². The number of aromatic nitrogens is 2. The molecule has 5 nitrogen and oxygen atoms in total. The number of nitriles is 1. The van der Waals surface area contributed by atoms with Crippen LogP contribution in [0.2, 0.25) is 0 Å². The van der Waals surface area contributed by atoms with Crippen LogP contribution in [0.5, 0.6) is 0 Å². The highest BCUT2D eigenvalue weighted by Gasteiger charge is 2.12. The van der Waals surface area contributed by atoms with Gasteiger partial charge in [0.1, 0.15) is 11.1 Å². The van der Waals surface area contributed by atoms with Crippen molar-refractivity contribution in [2.75, 3.05) is 12.3 Å². The molecule has 0 radical (unpaired) electrons. The molecular weight excluding hydrogens is 404 g/mol. The predicted molar refractivity (Wildman–Crippen MR) is 126 cm³/mol. The fraction of sp³-hybridized carbons (Fsp3) is 0.240.